The van der Waals surface area contributed by atoms with E-state index >= 15 is 0 Å². The molecule has 0 bridgehead atoms. The first-order valence-corrected chi connectivity index (χ1v) is 6.43. The Labute approximate surface area is 103 Å². The summed E-state index contributed by atoms with van der Waals surface area (Å²) in [6, 6.07) is 8.23. The Hall–Kier alpha value is -0.900. The fraction of sp³-hybridized carbons (Fsp3) is 0.571. The van der Waals surface area contributed by atoms with Crippen LogP contribution < -0.4 is 5.73 Å². The van der Waals surface area contributed by atoms with E-state index in [1.807, 2.05) is 12.1 Å². The number of nitrogens with two attached hydrogens (primary N) is 1. The normalized spacial score (nSPS) is 18.5. The van der Waals surface area contributed by atoms with Crippen molar-refractivity contribution in [1.82, 2.24) is 4.90 Å². The van der Waals surface area contributed by atoms with Crippen molar-refractivity contribution in [3.8, 4) is 0 Å². The zero-order chi connectivity index (χ0) is 12.1. The van der Waals surface area contributed by atoms with Crippen molar-refractivity contribution in [1.29, 1.82) is 0 Å². The maximum absolute atomic E-state index is 8.98. The summed E-state index contributed by atoms with van der Waals surface area (Å²) in [5, 5.41) is 8.98. The molecule has 1 saturated heterocycles. The van der Waals surface area contributed by atoms with Gasteiger partial charge >= 0.3 is 0 Å². The SMILES string of the molecule is NCC1CCN(Cc2ccc(CO)cc2)CC1. The van der Waals surface area contributed by atoms with Crippen LogP contribution in [0.15, 0.2) is 24.3 Å². The van der Waals surface area contributed by atoms with E-state index in [0.29, 0.717) is 0 Å². The lowest BCUT2D eigenvalue weighted by Gasteiger charge is -2.31. The van der Waals surface area contributed by atoms with Gasteiger partial charge in [0.25, 0.3) is 0 Å². The molecule has 0 spiro atoms. The van der Waals surface area contributed by atoms with Gasteiger partial charge in [-0.3, -0.25) is 4.90 Å². The summed E-state index contributed by atoms with van der Waals surface area (Å²) >= 11 is 0. The van der Waals surface area contributed by atoms with Crippen molar-refractivity contribution in [3.05, 3.63) is 35.4 Å². The van der Waals surface area contributed by atoms with Crippen molar-refractivity contribution in [2.45, 2.75) is 26.0 Å². The Morgan fingerprint density at radius 1 is 1.12 bits per heavy atom. The van der Waals surface area contributed by atoms with Crippen molar-refractivity contribution in [3.63, 3.8) is 0 Å². The Kier molecular flexibility index (Phi) is 4.54. The van der Waals surface area contributed by atoms with E-state index in [0.717, 1.165) is 37.7 Å². The number of hydrogen-bond acceptors (Lipinski definition) is 3. The number of aliphatic hydroxyl groups excluding tert-OH is 1. The molecule has 1 fully saturated rings. The fourth-order valence-corrected chi connectivity index (χ4v) is 2.39. The Morgan fingerprint density at radius 2 is 1.71 bits per heavy atom. The molecule has 17 heavy (non-hydrogen) atoms. The number of rotatable bonds is 4. The van der Waals surface area contributed by atoms with Crippen molar-refractivity contribution in [2.24, 2.45) is 11.7 Å². The van der Waals surface area contributed by atoms with Gasteiger partial charge in [0.05, 0.1) is 6.61 Å². The average Bonchev–Trinajstić information content (AvgIpc) is 2.40. The molecule has 0 saturated carbocycles. The quantitative estimate of drug-likeness (QED) is 0.827. The highest BCUT2D eigenvalue weighted by Gasteiger charge is 2.17. The minimum absolute atomic E-state index is 0.127. The largest absolute Gasteiger partial charge is 0.392 e. The van der Waals surface area contributed by atoms with E-state index < -0.39 is 0 Å². The van der Waals surface area contributed by atoms with E-state index in [1.54, 1.807) is 0 Å². The molecule has 1 aromatic carbocycles. The van der Waals surface area contributed by atoms with Crippen LogP contribution in [-0.4, -0.2) is 29.6 Å². The molecule has 3 N–H and O–H groups in total. The molecule has 0 unspecified atom stereocenters. The fourth-order valence-electron chi connectivity index (χ4n) is 2.39. The molecule has 0 amide bonds. The molecule has 2 rings (SSSR count). The molecule has 3 heteroatoms. The van der Waals surface area contributed by atoms with Gasteiger partial charge in [0.15, 0.2) is 0 Å². The van der Waals surface area contributed by atoms with E-state index in [4.69, 9.17) is 10.8 Å². The third-order valence-electron chi connectivity index (χ3n) is 3.65. The van der Waals surface area contributed by atoms with Crippen LogP contribution in [0, 0.1) is 5.92 Å². The number of hydrogen-bond donors (Lipinski definition) is 2. The Bertz CT molecular complexity index is 329. The lowest BCUT2D eigenvalue weighted by molar-refractivity contribution is 0.180. The number of piperidine rings is 1. The van der Waals surface area contributed by atoms with Gasteiger partial charge in [-0.25, -0.2) is 0 Å². The molecule has 3 nitrogen and oxygen atoms in total. The van der Waals surface area contributed by atoms with Crippen LogP contribution in [0.3, 0.4) is 0 Å². The van der Waals surface area contributed by atoms with E-state index in [-0.39, 0.29) is 6.61 Å². The molecular formula is C14H22N2O. The molecule has 0 aromatic heterocycles. The number of likely N-dealkylation sites (tertiary alicyclic amines) is 1. The maximum Gasteiger partial charge on any atom is 0.0681 e. The van der Waals surface area contributed by atoms with Crippen molar-refractivity contribution < 1.29 is 5.11 Å². The lowest BCUT2D eigenvalue weighted by atomic mass is 9.97. The van der Waals surface area contributed by atoms with Crippen LogP contribution in [0.5, 0.6) is 0 Å². The number of nitrogens with zero attached hydrogens (tertiary/aromatic N) is 1. The summed E-state index contributed by atoms with van der Waals surface area (Å²) in [6.45, 7) is 4.29. The van der Waals surface area contributed by atoms with Gasteiger partial charge in [0.1, 0.15) is 0 Å². The molecule has 1 aliphatic rings. The zero-order valence-corrected chi connectivity index (χ0v) is 10.3. The van der Waals surface area contributed by atoms with Gasteiger partial charge in [-0.05, 0) is 49.5 Å². The zero-order valence-electron chi connectivity index (χ0n) is 10.3. The summed E-state index contributed by atoms with van der Waals surface area (Å²) in [6.07, 6.45) is 2.45. The van der Waals surface area contributed by atoms with Gasteiger partial charge in [0.2, 0.25) is 0 Å². The van der Waals surface area contributed by atoms with Gasteiger partial charge in [-0.15, -0.1) is 0 Å². The molecule has 1 aromatic rings. The molecule has 94 valence electrons. The topological polar surface area (TPSA) is 49.5 Å². The lowest BCUT2D eigenvalue weighted by Crippen LogP contribution is -2.35. The van der Waals surface area contributed by atoms with Gasteiger partial charge in [-0.1, -0.05) is 24.3 Å². The smallest absolute Gasteiger partial charge is 0.0681 e. The third-order valence-corrected chi connectivity index (χ3v) is 3.65. The van der Waals surface area contributed by atoms with Crippen LogP contribution in [0.2, 0.25) is 0 Å². The summed E-state index contributed by atoms with van der Waals surface area (Å²) in [5.74, 6) is 0.725. The van der Waals surface area contributed by atoms with Gasteiger partial charge < -0.3 is 10.8 Å². The van der Waals surface area contributed by atoms with Gasteiger partial charge in [-0.2, -0.15) is 0 Å². The number of aliphatic hydroxyl groups is 1. The molecule has 0 radical (unpaired) electrons. The minimum Gasteiger partial charge on any atom is -0.392 e. The Morgan fingerprint density at radius 3 is 2.24 bits per heavy atom. The highest BCUT2D eigenvalue weighted by atomic mass is 16.3. The summed E-state index contributed by atoms with van der Waals surface area (Å²) < 4.78 is 0. The summed E-state index contributed by atoms with van der Waals surface area (Å²) in [5.41, 5.74) is 8.00. The van der Waals surface area contributed by atoms with Crippen LogP contribution >= 0.6 is 0 Å². The van der Waals surface area contributed by atoms with E-state index in [2.05, 4.69) is 17.0 Å². The second-order valence-electron chi connectivity index (χ2n) is 4.93. The highest BCUT2D eigenvalue weighted by Crippen LogP contribution is 2.18. The van der Waals surface area contributed by atoms with Crippen LogP contribution in [-0.2, 0) is 13.2 Å². The summed E-state index contributed by atoms with van der Waals surface area (Å²) in [7, 11) is 0. The molecule has 1 heterocycles. The van der Waals surface area contributed by atoms with Gasteiger partial charge in [0, 0.05) is 6.54 Å². The second kappa shape index (κ2) is 6.15. The van der Waals surface area contributed by atoms with Crippen LogP contribution in [0.4, 0.5) is 0 Å². The minimum atomic E-state index is 0.127. The third kappa shape index (κ3) is 3.53. The first-order chi connectivity index (χ1) is 8.31. The van der Waals surface area contributed by atoms with Crippen LogP contribution in [0.1, 0.15) is 24.0 Å². The van der Waals surface area contributed by atoms with Crippen molar-refractivity contribution in [2.75, 3.05) is 19.6 Å². The number of benzene rings is 1. The molecule has 0 aliphatic carbocycles. The monoisotopic (exact) mass is 234 g/mol. The predicted octanol–water partition coefficient (Wildman–Crippen LogP) is 1.35. The Balaban J connectivity index is 1.84. The van der Waals surface area contributed by atoms with Crippen molar-refractivity contribution >= 4 is 0 Å². The summed E-state index contributed by atoms with van der Waals surface area (Å²) in [4.78, 5) is 2.49. The average molecular weight is 234 g/mol. The van der Waals surface area contributed by atoms with E-state index in [9.17, 15) is 0 Å². The maximum atomic E-state index is 8.98. The first kappa shape index (κ1) is 12.6. The highest BCUT2D eigenvalue weighted by molar-refractivity contribution is 5.21. The second-order valence-corrected chi connectivity index (χ2v) is 4.93. The van der Waals surface area contributed by atoms with E-state index in [1.165, 1.54) is 18.4 Å². The molecular weight excluding hydrogens is 212 g/mol. The molecule has 1 aliphatic heterocycles. The van der Waals surface area contributed by atoms with Crippen LogP contribution in [0.25, 0.3) is 0 Å². The standard InChI is InChI=1S/C14H22N2O/c15-9-12-5-7-16(8-6-12)10-13-1-3-14(11-17)4-2-13/h1-4,12,17H,5-11,15H2. The first-order valence-electron chi connectivity index (χ1n) is 6.43. The predicted molar refractivity (Wildman–Crippen MR) is 69.4 cm³/mol. The molecule has 0 atom stereocenters.